The van der Waals surface area contributed by atoms with Crippen LogP contribution >= 0.6 is 0 Å². The molecule has 2 nitrogen and oxygen atoms in total. The molecule has 1 rings (SSSR count). The number of phenolic OH excluding ortho intramolecular Hbond substituents is 1. The third-order valence-electron chi connectivity index (χ3n) is 2.55. The van der Waals surface area contributed by atoms with Gasteiger partial charge in [-0.1, -0.05) is 31.2 Å². The van der Waals surface area contributed by atoms with Crippen molar-refractivity contribution in [3.05, 3.63) is 34.9 Å². The molecule has 1 aromatic rings. The van der Waals surface area contributed by atoms with Gasteiger partial charge in [0.25, 0.3) is 0 Å². The van der Waals surface area contributed by atoms with Crippen molar-refractivity contribution in [3.63, 3.8) is 0 Å². The Morgan fingerprint density at radius 1 is 1.40 bits per heavy atom. The van der Waals surface area contributed by atoms with Crippen LogP contribution in [0.25, 0.3) is 6.08 Å². The summed E-state index contributed by atoms with van der Waals surface area (Å²) in [5, 5.41) is 9.89. The van der Waals surface area contributed by atoms with Gasteiger partial charge in [0.2, 0.25) is 0 Å². The number of aldehydes is 1. The first-order valence-corrected chi connectivity index (χ1v) is 5.02. The number of phenols is 1. The molecule has 80 valence electrons. The van der Waals surface area contributed by atoms with Crippen LogP contribution in [0.1, 0.15) is 36.5 Å². The molecule has 1 N–H and O–H groups in total. The molecule has 1 aromatic carbocycles. The minimum atomic E-state index is -0.171. The van der Waals surface area contributed by atoms with Crippen LogP contribution in [-0.2, 0) is 4.79 Å². The largest absolute Gasteiger partial charge is 0.507 e. The first-order chi connectivity index (χ1) is 7.11. The Morgan fingerprint density at radius 3 is 2.60 bits per heavy atom. The molecule has 1 atom stereocenters. The van der Waals surface area contributed by atoms with Crippen molar-refractivity contribution in [2.45, 2.75) is 26.7 Å². The average Bonchev–Trinajstić information content (AvgIpc) is 2.24. The molecule has 0 fully saturated rings. The van der Waals surface area contributed by atoms with Gasteiger partial charge in [0, 0.05) is 11.5 Å². The van der Waals surface area contributed by atoms with Crippen LogP contribution in [0.5, 0.6) is 5.75 Å². The monoisotopic (exact) mass is 204 g/mol. The molecule has 2 heteroatoms. The van der Waals surface area contributed by atoms with E-state index in [0.717, 1.165) is 23.0 Å². The molecular weight excluding hydrogens is 188 g/mol. The molecule has 0 aliphatic rings. The Balaban J connectivity index is 3.26. The summed E-state index contributed by atoms with van der Waals surface area (Å²) in [5.41, 5.74) is 2.46. The summed E-state index contributed by atoms with van der Waals surface area (Å²) >= 11 is 0. The summed E-state index contributed by atoms with van der Waals surface area (Å²) in [5.74, 6) is 0.0925. The fraction of sp³-hybridized carbons (Fsp3) is 0.308. The highest BCUT2D eigenvalue weighted by atomic mass is 16.3. The number of rotatable bonds is 3. The number of benzene rings is 1. The summed E-state index contributed by atoms with van der Waals surface area (Å²) < 4.78 is 0. The second-order valence-electron chi connectivity index (χ2n) is 3.64. The van der Waals surface area contributed by atoms with Gasteiger partial charge in [-0.25, -0.2) is 0 Å². The van der Waals surface area contributed by atoms with Gasteiger partial charge in [-0.15, -0.1) is 0 Å². The second-order valence-corrected chi connectivity index (χ2v) is 3.64. The summed E-state index contributed by atoms with van der Waals surface area (Å²) in [7, 11) is 0. The van der Waals surface area contributed by atoms with Crippen LogP contribution < -0.4 is 0 Å². The van der Waals surface area contributed by atoms with E-state index in [-0.39, 0.29) is 11.7 Å². The maximum atomic E-state index is 10.7. The molecule has 0 saturated heterocycles. The van der Waals surface area contributed by atoms with Gasteiger partial charge < -0.3 is 9.90 Å². The van der Waals surface area contributed by atoms with Gasteiger partial charge in [-0.05, 0) is 25.0 Å². The van der Waals surface area contributed by atoms with Crippen molar-refractivity contribution in [3.8, 4) is 5.75 Å². The summed E-state index contributed by atoms with van der Waals surface area (Å²) in [6.45, 7) is 5.55. The van der Waals surface area contributed by atoms with Gasteiger partial charge in [-0.3, -0.25) is 0 Å². The molecule has 0 spiro atoms. The molecule has 0 aliphatic heterocycles. The topological polar surface area (TPSA) is 37.3 Å². The third-order valence-corrected chi connectivity index (χ3v) is 2.55. The summed E-state index contributed by atoms with van der Waals surface area (Å²) in [6, 6.07) is 3.72. The zero-order valence-corrected chi connectivity index (χ0v) is 9.32. The molecule has 1 unspecified atom stereocenters. The van der Waals surface area contributed by atoms with E-state index in [0.29, 0.717) is 0 Å². The predicted molar refractivity (Wildman–Crippen MR) is 62.0 cm³/mol. The number of allylic oxidation sites excluding steroid dienone is 1. The van der Waals surface area contributed by atoms with Gasteiger partial charge in [0.15, 0.2) is 0 Å². The lowest BCUT2D eigenvalue weighted by Gasteiger charge is -2.11. The SMILES string of the molecule is C/C=C/c1ccc(C(C)C=O)c(C)c1O. The maximum Gasteiger partial charge on any atom is 0.127 e. The molecule has 0 amide bonds. The number of hydrogen-bond donors (Lipinski definition) is 1. The van der Waals surface area contributed by atoms with E-state index >= 15 is 0 Å². The van der Waals surface area contributed by atoms with Crippen molar-refractivity contribution in [2.75, 3.05) is 0 Å². The Morgan fingerprint density at radius 2 is 2.07 bits per heavy atom. The molecule has 15 heavy (non-hydrogen) atoms. The number of carbonyl (C=O) groups excluding carboxylic acids is 1. The van der Waals surface area contributed by atoms with E-state index in [1.807, 2.05) is 45.1 Å². The van der Waals surface area contributed by atoms with Gasteiger partial charge in [0.05, 0.1) is 0 Å². The van der Waals surface area contributed by atoms with E-state index < -0.39 is 0 Å². The Hall–Kier alpha value is -1.57. The fourth-order valence-corrected chi connectivity index (χ4v) is 1.62. The van der Waals surface area contributed by atoms with E-state index in [9.17, 15) is 9.90 Å². The normalized spacial score (nSPS) is 13.0. The van der Waals surface area contributed by atoms with Crippen molar-refractivity contribution >= 4 is 12.4 Å². The van der Waals surface area contributed by atoms with Crippen molar-refractivity contribution in [1.29, 1.82) is 0 Å². The van der Waals surface area contributed by atoms with E-state index in [4.69, 9.17) is 0 Å². The van der Waals surface area contributed by atoms with Gasteiger partial charge in [-0.2, -0.15) is 0 Å². The number of carbonyl (C=O) groups is 1. The minimum Gasteiger partial charge on any atom is -0.507 e. The lowest BCUT2D eigenvalue weighted by molar-refractivity contribution is -0.108. The van der Waals surface area contributed by atoms with Crippen LogP contribution in [0.3, 0.4) is 0 Å². The Labute approximate surface area is 90.3 Å². The highest BCUT2D eigenvalue weighted by Gasteiger charge is 2.11. The standard InChI is InChI=1S/C13H16O2/c1-4-5-11-6-7-12(9(2)8-14)10(3)13(11)15/h4-9,15H,1-3H3/b5-4+. The number of hydrogen-bond acceptors (Lipinski definition) is 2. The minimum absolute atomic E-state index is 0.171. The summed E-state index contributed by atoms with van der Waals surface area (Å²) in [6.07, 6.45) is 4.60. The van der Waals surface area contributed by atoms with Crippen molar-refractivity contribution in [2.24, 2.45) is 0 Å². The maximum absolute atomic E-state index is 10.7. The highest BCUT2D eigenvalue weighted by molar-refractivity contribution is 5.67. The Kier molecular flexibility index (Phi) is 3.67. The van der Waals surface area contributed by atoms with E-state index in [1.165, 1.54) is 0 Å². The van der Waals surface area contributed by atoms with Gasteiger partial charge in [0.1, 0.15) is 12.0 Å². The molecule has 0 saturated carbocycles. The van der Waals surface area contributed by atoms with Crippen LogP contribution in [0.2, 0.25) is 0 Å². The molecule has 0 radical (unpaired) electrons. The fourth-order valence-electron chi connectivity index (χ4n) is 1.62. The van der Waals surface area contributed by atoms with Crippen LogP contribution in [0.15, 0.2) is 18.2 Å². The van der Waals surface area contributed by atoms with E-state index in [2.05, 4.69) is 0 Å². The Bertz CT molecular complexity index is 392. The quantitative estimate of drug-likeness (QED) is 0.768. The molecular formula is C13H16O2. The van der Waals surface area contributed by atoms with Crippen LogP contribution in [0, 0.1) is 6.92 Å². The smallest absolute Gasteiger partial charge is 0.127 e. The summed E-state index contributed by atoms with van der Waals surface area (Å²) in [4.78, 5) is 10.7. The van der Waals surface area contributed by atoms with Crippen molar-refractivity contribution in [1.82, 2.24) is 0 Å². The molecule has 0 aliphatic carbocycles. The second kappa shape index (κ2) is 4.78. The third kappa shape index (κ3) is 2.27. The molecule has 0 heterocycles. The first-order valence-electron chi connectivity index (χ1n) is 5.02. The van der Waals surface area contributed by atoms with Crippen LogP contribution in [0.4, 0.5) is 0 Å². The van der Waals surface area contributed by atoms with Crippen molar-refractivity contribution < 1.29 is 9.90 Å². The molecule has 0 aromatic heterocycles. The lowest BCUT2D eigenvalue weighted by Crippen LogP contribution is -1.98. The van der Waals surface area contributed by atoms with E-state index in [1.54, 1.807) is 0 Å². The lowest BCUT2D eigenvalue weighted by atomic mass is 9.94. The first kappa shape index (κ1) is 11.5. The number of aromatic hydroxyl groups is 1. The zero-order valence-electron chi connectivity index (χ0n) is 9.32. The highest BCUT2D eigenvalue weighted by Crippen LogP contribution is 2.29. The molecule has 0 bridgehead atoms. The van der Waals surface area contributed by atoms with Gasteiger partial charge >= 0.3 is 0 Å². The van der Waals surface area contributed by atoms with Crippen LogP contribution in [-0.4, -0.2) is 11.4 Å². The predicted octanol–water partition coefficient (Wildman–Crippen LogP) is 3.04. The average molecular weight is 204 g/mol. The zero-order chi connectivity index (χ0) is 11.4.